The molecule has 0 radical (unpaired) electrons. The molecule has 7 nitrogen and oxygen atoms in total. The maximum atomic E-state index is 11.7. The largest absolute Gasteiger partial charge is 0.289 e. The lowest BCUT2D eigenvalue weighted by Crippen LogP contribution is -2.28. The third kappa shape index (κ3) is 8.06. The van der Waals surface area contributed by atoms with Crippen LogP contribution in [0.5, 0.6) is 0 Å². The lowest BCUT2D eigenvalue weighted by molar-refractivity contribution is -0.129. The van der Waals surface area contributed by atoms with Crippen molar-refractivity contribution in [2.75, 3.05) is 18.3 Å². The van der Waals surface area contributed by atoms with Gasteiger partial charge in [-0.2, -0.15) is 0 Å². The summed E-state index contributed by atoms with van der Waals surface area (Å²) < 4.78 is 11.7. The number of rotatable bonds is 7. The average molecular weight is 433 g/mol. The molecule has 0 spiro atoms. The molecule has 0 saturated heterocycles. The number of benzene rings is 2. The van der Waals surface area contributed by atoms with Crippen LogP contribution in [-0.4, -0.2) is 35.0 Å². The van der Waals surface area contributed by atoms with Gasteiger partial charge in [0.15, 0.2) is 0 Å². The van der Waals surface area contributed by atoms with Crippen LogP contribution < -0.4 is 16.3 Å². The first-order valence-electron chi connectivity index (χ1n) is 9.59. The number of anilines is 1. The first-order valence-corrected chi connectivity index (χ1v) is 11.1. The zero-order valence-electron chi connectivity index (χ0n) is 18.2. The number of aryl methyl sites for hydroxylation is 1. The number of hydroxylamine groups is 1. The van der Waals surface area contributed by atoms with E-state index in [9.17, 15) is 9.00 Å². The highest BCUT2D eigenvalue weighted by Gasteiger charge is 2.22. The topological polar surface area (TPSA) is 108 Å². The van der Waals surface area contributed by atoms with E-state index in [2.05, 4.69) is 4.99 Å². The highest BCUT2D eigenvalue weighted by Crippen LogP contribution is 2.31. The predicted octanol–water partition coefficient (Wildman–Crippen LogP) is 3.39. The molecule has 2 aromatic carbocycles. The van der Waals surface area contributed by atoms with E-state index in [4.69, 9.17) is 11.0 Å². The third-order valence-corrected chi connectivity index (χ3v) is 5.53. The van der Waals surface area contributed by atoms with Crippen LogP contribution in [0, 0.1) is 12.8 Å². The first-order chi connectivity index (χ1) is 14.2. The Morgan fingerprint density at radius 3 is 2.33 bits per heavy atom. The lowest BCUT2D eigenvalue weighted by atomic mass is 9.85. The molecule has 0 heterocycles. The molecule has 0 aromatic heterocycles. The first kappa shape index (κ1) is 25.5. The van der Waals surface area contributed by atoms with Gasteiger partial charge in [-0.15, -0.1) is 0 Å². The van der Waals surface area contributed by atoms with E-state index < -0.39 is 16.7 Å². The minimum Gasteiger partial charge on any atom is -0.289 e. The number of nitrogens with one attached hydrogen (secondary N) is 1. The summed E-state index contributed by atoms with van der Waals surface area (Å²) >= 11 is 0. The lowest BCUT2D eigenvalue weighted by Gasteiger charge is -2.22. The molecule has 2 atom stereocenters. The Hall–Kier alpha value is -2.55. The Balaban J connectivity index is 0.000000325. The molecule has 0 aliphatic rings. The van der Waals surface area contributed by atoms with E-state index in [0.29, 0.717) is 0 Å². The Morgan fingerprint density at radius 1 is 1.23 bits per heavy atom. The van der Waals surface area contributed by atoms with Crippen molar-refractivity contribution in [3.05, 3.63) is 59.7 Å². The van der Waals surface area contributed by atoms with Crippen molar-refractivity contribution in [3.8, 4) is 0 Å². The summed E-state index contributed by atoms with van der Waals surface area (Å²) in [6.45, 7) is 6.05. The molecule has 0 fully saturated rings. The highest BCUT2D eigenvalue weighted by atomic mass is 32.2. The van der Waals surface area contributed by atoms with E-state index in [1.54, 1.807) is 25.1 Å². The van der Waals surface area contributed by atoms with Crippen molar-refractivity contribution < 1.29 is 14.2 Å². The van der Waals surface area contributed by atoms with Gasteiger partial charge in [0.1, 0.15) is 6.34 Å². The molecular weight excluding hydrogens is 400 g/mol. The van der Waals surface area contributed by atoms with Crippen LogP contribution in [0.15, 0.2) is 58.4 Å². The van der Waals surface area contributed by atoms with Gasteiger partial charge >= 0.3 is 0 Å². The summed E-state index contributed by atoms with van der Waals surface area (Å²) in [6.07, 6.45) is 3.38. The SMILES string of the molecule is CC(C)C(CC(=O)NO)c1ccccc1S(C)=O.CN=CN(N)c1ccc(C)cc1. The van der Waals surface area contributed by atoms with Gasteiger partial charge in [-0.1, -0.05) is 49.7 Å². The summed E-state index contributed by atoms with van der Waals surface area (Å²) in [5.41, 5.74) is 4.73. The highest BCUT2D eigenvalue weighted by molar-refractivity contribution is 7.84. The van der Waals surface area contributed by atoms with Crippen molar-refractivity contribution in [1.29, 1.82) is 0 Å². The van der Waals surface area contributed by atoms with Crippen LogP contribution in [0.2, 0.25) is 0 Å². The number of nitrogens with zero attached hydrogens (tertiary/aromatic N) is 2. The van der Waals surface area contributed by atoms with Crippen LogP contribution in [-0.2, 0) is 15.6 Å². The number of amides is 1. The third-order valence-electron chi connectivity index (χ3n) is 4.53. The van der Waals surface area contributed by atoms with Gasteiger partial charge in [0, 0.05) is 24.6 Å². The molecular formula is C22H32N4O3S. The fourth-order valence-electron chi connectivity index (χ4n) is 2.91. The quantitative estimate of drug-likeness (QED) is 0.204. The molecule has 2 unspecified atom stereocenters. The molecule has 2 rings (SSSR count). The molecule has 164 valence electrons. The van der Waals surface area contributed by atoms with Gasteiger partial charge in [-0.05, 0) is 42.5 Å². The molecule has 30 heavy (non-hydrogen) atoms. The van der Waals surface area contributed by atoms with Crippen molar-refractivity contribution in [2.24, 2.45) is 16.8 Å². The Morgan fingerprint density at radius 2 is 1.83 bits per heavy atom. The fraction of sp³-hybridized carbons (Fsp3) is 0.364. The fourth-order valence-corrected chi connectivity index (χ4v) is 3.73. The van der Waals surface area contributed by atoms with Gasteiger partial charge in [0.05, 0.1) is 16.5 Å². The standard InChI is InChI=1S/C13H19NO3S.C9H13N3/c1-9(2)11(8-13(15)14-16)10-6-4-5-7-12(10)18(3)17;1-8-3-5-9(6-4-8)12(10)7-11-2/h4-7,9,11,16H,8H2,1-3H3,(H,14,15);3-7H,10H2,1-2H3. The van der Waals surface area contributed by atoms with Crippen molar-refractivity contribution >= 4 is 28.7 Å². The molecule has 0 bridgehead atoms. The summed E-state index contributed by atoms with van der Waals surface area (Å²) in [6, 6.07) is 15.4. The second kappa shape index (κ2) is 12.9. The number of nitrogens with two attached hydrogens (primary N) is 1. The Labute approximate surface area is 181 Å². The van der Waals surface area contributed by atoms with Gasteiger partial charge in [0.2, 0.25) is 5.91 Å². The molecule has 8 heteroatoms. The minimum absolute atomic E-state index is 0.0581. The van der Waals surface area contributed by atoms with Crippen LogP contribution in [0.3, 0.4) is 0 Å². The minimum atomic E-state index is -1.09. The second-order valence-corrected chi connectivity index (χ2v) is 8.55. The summed E-state index contributed by atoms with van der Waals surface area (Å²) in [5.74, 6) is 5.37. The van der Waals surface area contributed by atoms with Gasteiger partial charge in [0.25, 0.3) is 0 Å². The summed E-state index contributed by atoms with van der Waals surface area (Å²) in [5, 5.41) is 10.1. The van der Waals surface area contributed by atoms with Gasteiger partial charge < -0.3 is 0 Å². The van der Waals surface area contributed by atoms with Crippen LogP contribution in [0.25, 0.3) is 0 Å². The van der Waals surface area contributed by atoms with E-state index in [1.165, 1.54) is 10.6 Å². The monoisotopic (exact) mass is 432 g/mol. The zero-order chi connectivity index (χ0) is 22.7. The number of hydrazine groups is 1. The maximum Gasteiger partial charge on any atom is 0.243 e. The normalized spacial score (nSPS) is 12.8. The smallest absolute Gasteiger partial charge is 0.243 e. The maximum absolute atomic E-state index is 11.7. The van der Waals surface area contributed by atoms with Crippen LogP contribution >= 0.6 is 0 Å². The van der Waals surface area contributed by atoms with E-state index >= 15 is 0 Å². The summed E-state index contributed by atoms with van der Waals surface area (Å²) in [4.78, 5) is 15.9. The molecule has 1 amide bonds. The van der Waals surface area contributed by atoms with Crippen LogP contribution in [0.1, 0.15) is 37.3 Å². The average Bonchev–Trinajstić information content (AvgIpc) is 2.72. The van der Waals surface area contributed by atoms with Gasteiger partial charge in [-0.3, -0.25) is 24.2 Å². The number of carbonyl (C=O) groups is 1. The summed E-state index contributed by atoms with van der Waals surface area (Å²) in [7, 11) is 0.600. The molecule has 4 N–H and O–H groups in total. The van der Waals surface area contributed by atoms with Crippen LogP contribution in [0.4, 0.5) is 5.69 Å². The number of carbonyl (C=O) groups excluding carboxylic acids is 1. The van der Waals surface area contributed by atoms with E-state index in [0.717, 1.165) is 16.1 Å². The molecule has 0 saturated carbocycles. The van der Waals surface area contributed by atoms with Crippen molar-refractivity contribution in [2.45, 2.75) is 38.0 Å². The Bertz CT molecular complexity index is 854. The van der Waals surface area contributed by atoms with Crippen molar-refractivity contribution in [1.82, 2.24) is 5.48 Å². The number of hydrogen-bond donors (Lipinski definition) is 3. The number of aliphatic imine (C=N–C) groups is 1. The Kier molecular flexibility index (Phi) is 11.0. The molecule has 0 aliphatic heterocycles. The zero-order valence-corrected chi connectivity index (χ0v) is 19.0. The predicted molar refractivity (Wildman–Crippen MR) is 123 cm³/mol. The van der Waals surface area contributed by atoms with Gasteiger partial charge in [-0.25, -0.2) is 11.3 Å². The molecule has 0 aliphatic carbocycles. The van der Waals surface area contributed by atoms with E-state index in [-0.39, 0.29) is 18.3 Å². The second-order valence-electron chi connectivity index (χ2n) is 7.20. The number of hydrogen-bond acceptors (Lipinski definition) is 5. The van der Waals surface area contributed by atoms with Crippen molar-refractivity contribution in [3.63, 3.8) is 0 Å². The van der Waals surface area contributed by atoms with E-state index in [1.807, 2.05) is 69.3 Å². The molecule has 2 aromatic rings.